The van der Waals surface area contributed by atoms with Crippen LogP contribution in [0.4, 0.5) is 0 Å². The minimum absolute atomic E-state index is 0.642. The highest BCUT2D eigenvalue weighted by atomic mass is 32.2. The number of hydrogen-bond acceptors (Lipinski definition) is 4. The van der Waals surface area contributed by atoms with Crippen molar-refractivity contribution in [2.75, 3.05) is 0 Å². The molecule has 2 aromatic rings. The van der Waals surface area contributed by atoms with E-state index in [2.05, 4.69) is 0 Å². The lowest BCUT2D eigenvalue weighted by molar-refractivity contribution is 0.275. The molecule has 0 bridgehead atoms. The van der Waals surface area contributed by atoms with Crippen molar-refractivity contribution in [1.82, 2.24) is 0 Å². The summed E-state index contributed by atoms with van der Waals surface area (Å²) in [5.41, 5.74) is 1.63. The molecule has 0 saturated carbocycles. The van der Waals surface area contributed by atoms with Crippen LogP contribution in [0.3, 0.4) is 0 Å². The molecule has 142 valence electrons. The zero-order chi connectivity index (χ0) is 20.1. The van der Waals surface area contributed by atoms with Crippen molar-refractivity contribution in [2.45, 2.75) is 5.25 Å². The Kier molecular flexibility index (Phi) is 7.72. The first kappa shape index (κ1) is 22.5. The highest BCUT2D eigenvalue weighted by molar-refractivity contribution is 7.86. The first-order chi connectivity index (χ1) is 11.8. The largest absolute Gasteiger partial charge is 0.692 e. The maximum absolute atomic E-state index is 11.3. The summed E-state index contributed by atoms with van der Waals surface area (Å²) in [6.45, 7) is 0. The maximum Gasteiger partial charge on any atom is 0.692 e. The van der Waals surface area contributed by atoms with E-state index in [0.717, 1.165) is 16.3 Å². The van der Waals surface area contributed by atoms with Gasteiger partial charge in [-0.3, -0.25) is 4.55 Å². The molecule has 3 rings (SSSR count). The van der Waals surface area contributed by atoms with Gasteiger partial charge in [0.1, 0.15) is 5.25 Å². The summed E-state index contributed by atoms with van der Waals surface area (Å²) in [5.74, 6) is 0. The monoisotopic (exact) mass is 425 g/mol. The highest BCUT2D eigenvalue weighted by Gasteiger charge is 2.27. The van der Waals surface area contributed by atoms with Gasteiger partial charge in [0.2, 0.25) is 0 Å². The minimum atomic E-state index is -4.64. The van der Waals surface area contributed by atoms with E-state index in [1.165, 1.54) is 6.08 Å². The van der Waals surface area contributed by atoms with Gasteiger partial charge in [0.15, 0.2) is 0 Å². The molecule has 0 fully saturated rings. The molecule has 0 radical (unpaired) electrons. The normalized spacial score (nSPS) is 15.4. The molecule has 0 saturated heterocycles. The zero-order valence-electron chi connectivity index (χ0n) is 12.8. The summed E-state index contributed by atoms with van der Waals surface area (Å²) in [7, 11) is -11.6. The minimum Gasteiger partial charge on any atom is -0.303 e. The van der Waals surface area contributed by atoms with Crippen molar-refractivity contribution in [3.63, 3.8) is 0 Å². The van der Waals surface area contributed by atoms with Gasteiger partial charge >= 0.3 is 16.1 Å². The van der Waals surface area contributed by atoms with Gasteiger partial charge in [-0.25, -0.2) is 4.57 Å². The Labute approximate surface area is 149 Å². The SMILES string of the molecule is O=P(O)(O)O.O=S(=O)(O)C1C=Cc2cccc3cccc1c23.O=[P+](O)O. The predicted molar refractivity (Wildman–Crippen MR) is 93.6 cm³/mol. The van der Waals surface area contributed by atoms with E-state index in [1.807, 2.05) is 24.3 Å². The first-order valence-corrected chi connectivity index (χ1v) is 10.8. The summed E-state index contributed by atoms with van der Waals surface area (Å²) in [6, 6.07) is 11.3. The molecule has 0 amide bonds. The van der Waals surface area contributed by atoms with E-state index < -0.39 is 31.4 Å². The molecule has 1 aliphatic rings. The highest BCUT2D eigenvalue weighted by Crippen LogP contribution is 2.36. The van der Waals surface area contributed by atoms with Crippen LogP contribution in [0, 0.1) is 0 Å². The number of benzene rings is 2. The summed E-state index contributed by atoms with van der Waals surface area (Å²) in [4.78, 5) is 35.8. The lowest BCUT2D eigenvalue weighted by atomic mass is 9.93. The quantitative estimate of drug-likeness (QED) is 0.288. The summed E-state index contributed by atoms with van der Waals surface area (Å²) in [6.07, 6.45) is 3.26. The molecule has 1 atom stereocenters. The van der Waals surface area contributed by atoms with Crippen molar-refractivity contribution in [2.24, 2.45) is 0 Å². The third-order valence-corrected chi connectivity index (χ3v) is 4.10. The Morgan fingerprint density at radius 1 is 1.00 bits per heavy atom. The van der Waals surface area contributed by atoms with Gasteiger partial charge in [0.25, 0.3) is 10.1 Å². The van der Waals surface area contributed by atoms with E-state index in [-0.39, 0.29) is 0 Å². The molecule has 0 aromatic heterocycles. The fourth-order valence-electron chi connectivity index (χ4n) is 2.33. The molecule has 6 N–H and O–H groups in total. The fourth-order valence-corrected chi connectivity index (χ4v) is 3.12. The van der Waals surface area contributed by atoms with Crippen LogP contribution in [-0.4, -0.2) is 37.4 Å². The van der Waals surface area contributed by atoms with E-state index in [9.17, 15) is 13.0 Å². The average Bonchev–Trinajstić information content (AvgIpc) is 2.44. The molecule has 0 heterocycles. The van der Waals surface area contributed by atoms with Crippen molar-refractivity contribution in [3.8, 4) is 0 Å². The van der Waals surface area contributed by atoms with Crippen molar-refractivity contribution >= 4 is 43.0 Å². The van der Waals surface area contributed by atoms with Crippen molar-refractivity contribution in [1.29, 1.82) is 0 Å². The Morgan fingerprint density at radius 2 is 1.46 bits per heavy atom. The Bertz CT molecular complexity index is 962. The number of hydrogen-bond donors (Lipinski definition) is 6. The molecule has 26 heavy (non-hydrogen) atoms. The lowest BCUT2D eigenvalue weighted by Crippen LogP contribution is -2.12. The Hall–Kier alpha value is -1.52. The van der Waals surface area contributed by atoms with Gasteiger partial charge in [0, 0.05) is 4.57 Å². The lowest BCUT2D eigenvalue weighted by Gasteiger charge is -2.18. The van der Waals surface area contributed by atoms with Crippen LogP contribution in [0.1, 0.15) is 16.4 Å². The van der Waals surface area contributed by atoms with Gasteiger partial charge in [-0.2, -0.15) is 8.42 Å². The van der Waals surface area contributed by atoms with Crippen molar-refractivity contribution < 1.29 is 46.6 Å². The van der Waals surface area contributed by atoms with Crippen LogP contribution >= 0.6 is 16.1 Å². The standard InChI is InChI=1S/C13H10O3S.H3O4P.HO3P/c14-17(15,16)12-8-7-10-4-1-3-9-5-2-6-11(12)13(9)10;1-5(2,3)4;1-4(2)3/h1-8,12H,(H,14,15,16);(H3,1,2,3,4);(H-,1,2,3)/p+1. The third-order valence-electron chi connectivity index (χ3n) is 3.05. The zero-order valence-corrected chi connectivity index (χ0v) is 15.4. The summed E-state index contributed by atoms with van der Waals surface area (Å²) >= 11 is 0. The molecule has 1 unspecified atom stereocenters. The molecule has 0 aliphatic heterocycles. The average molecular weight is 425 g/mol. The Balaban J connectivity index is 0.000000317. The summed E-state index contributed by atoms with van der Waals surface area (Å²) in [5, 5.41) is 0.930. The second kappa shape index (κ2) is 8.92. The van der Waals surface area contributed by atoms with Gasteiger partial charge in [-0.1, -0.05) is 48.6 Å². The third kappa shape index (κ3) is 7.38. The molecule has 1 aliphatic carbocycles. The fraction of sp³-hybridized carbons (Fsp3) is 0.0769. The topological polar surface area (TPSA) is 190 Å². The number of rotatable bonds is 1. The van der Waals surface area contributed by atoms with Gasteiger partial charge in [-0.05, 0) is 21.9 Å². The molecule has 2 aromatic carbocycles. The second-order valence-corrected chi connectivity index (χ2v) is 7.92. The molecular weight excluding hydrogens is 410 g/mol. The second-order valence-electron chi connectivity index (χ2n) is 4.85. The smallest absolute Gasteiger partial charge is 0.303 e. The Morgan fingerprint density at radius 3 is 1.92 bits per heavy atom. The maximum atomic E-state index is 11.3. The molecule has 13 heteroatoms. The van der Waals surface area contributed by atoms with Crippen LogP contribution in [0.25, 0.3) is 16.8 Å². The van der Waals surface area contributed by atoms with Crippen LogP contribution in [0.15, 0.2) is 42.5 Å². The first-order valence-electron chi connectivity index (χ1n) is 6.60. The van der Waals surface area contributed by atoms with E-state index in [0.29, 0.717) is 5.56 Å². The van der Waals surface area contributed by atoms with Gasteiger partial charge in [0.05, 0.1) is 0 Å². The van der Waals surface area contributed by atoms with Crippen molar-refractivity contribution in [3.05, 3.63) is 53.6 Å². The van der Waals surface area contributed by atoms with E-state index in [1.54, 1.807) is 18.2 Å². The van der Waals surface area contributed by atoms with Crippen LogP contribution < -0.4 is 0 Å². The van der Waals surface area contributed by atoms with E-state index >= 15 is 0 Å². The van der Waals surface area contributed by atoms with Crippen LogP contribution in [0.5, 0.6) is 0 Å². The van der Waals surface area contributed by atoms with Crippen LogP contribution in [-0.2, 0) is 19.2 Å². The predicted octanol–water partition coefficient (Wildman–Crippen LogP) is 1.50. The molecule has 0 spiro atoms. The van der Waals surface area contributed by atoms with E-state index in [4.69, 9.17) is 33.6 Å². The van der Waals surface area contributed by atoms with Crippen LogP contribution in [0.2, 0.25) is 0 Å². The number of phosphoric acid groups is 1. The molecule has 10 nitrogen and oxygen atoms in total. The van der Waals surface area contributed by atoms with Gasteiger partial charge in [-0.15, -0.1) is 9.79 Å². The van der Waals surface area contributed by atoms with Gasteiger partial charge < -0.3 is 14.7 Å². The molecular formula is C13H15O10P2S+. The summed E-state index contributed by atoms with van der Waals surface area (Å²) < 4.78 is 49.5.